The fourth-order valence-electron chi connectivity index (χ4n) is 4.33. The van der Waals surface area contributed by atoms with Crippen molar-refractivity contribution in [2.45, 2.75) is 46.5 Å². The van der Waals surface area contributed by atoms with Crippen molar-refractivity contribution in [2.24, 2.45) is 5.92 Å². The van der Waals surface area contributed by atoms with Crippen LogP contribution in [0.1, 0.15) is 52.1 Å². The standard InChI is InChI=1S/C23H28N4O/c1-16-7-4-5-9-20(16)11-10-19-8-6-12-26(15-19)23(28)21-14-24-27-18(3)13-17(2)25-22(21)27/h4-5,7,9,13-14,19H,6,8,10-12,15H2,1-3H3/t19-/m0/s1. The zero-order valence-electron chi connectivity index (χ0n) is 17.0. The molecule has 1 saturated heterocycles. The van der Waals surface area contributed by atoms with Crippen molar-refractivity contribution in [3.8, 4) is 0 Å². The molecule has 0 radical (unpaired) electrons. The Morgan fingerprint density at radius 1 is 1.21 bits per heavy atom. The summed E-state index contributed by atoms with van der Waals surface area (Å²) in [5, 5.41) is 4.39. The van der Waals surface area contributed by atoms with Crippen molar-refractivity contribution in [2.75, 3.05) is 13.1 Å². The molecule has 3 aromatic rings. The number of nitrogens with zero attached hydrogens (tertiary/aromatic N) is 4. The Morgan fingerprint density at radius 2 is 2.04 bits per heavy atom. The molecule has 1 aliphatic heterocycles. The van der Waals surface area contributed by atoms with Crippen LogP contribution < -0.4 is 0 Å². The highest BCUT2D eigenvalue weighted by Crippen LogP contribution is 2.24. The zero-order valence-corrected chi connectivity index (χ0v) is 17.0. The molecule has 1 atom stereocenters. The summed E-state index contributed by atoms with van der Waals surface area (Å²) in [5.41, 5.74) is 5.97. The smallest absolute Gasteiger partial charge is 0.259 e. The molecule has 5 nitrogen and oxygen atoms in total. The van der Waals surface area contributed by atoms with Gasteiger partial charge in [0.25, 0.3) is 5.91 Å². The lowest BCUT2D eigenvalue weighted by Gasteiger charge is -2.32. The summed E-state index contributed by atoms with van der Waals surface area (Å²) >= 11 is 0. The molecule has 0 unspecified atom stereocenters. The Hall–Kier alpha value is -2.69. The average Bonchev–Trinajstić information content (AvgIpc) is 3.11. The van der Waals surface area contributed by atoms with Crippen LogP contribution in [0.4, 0.5) is 0 Å². The highest BCUT2D eigenvalue weighted by molar-refractivity contribution is 5.99. The lowest BCUT2D eigenvalue weighted by Crippen LogP contribution is -2.40. The van der Waals surface area contributed by atoms with Crippen molar-refractivity contribution < 1.29 is 4.79 Å². The van der Waals surface area contributed by atoms with Crippen molar-refractivity contribution in [3.63, 3.8) is 0 Å². The van der Waals surface area contributed by atoms with Gasteiger partial charge in [0.1, 0.15) is 5.56 Å². The van der Waals surface area contributed by atoms with E-state index in [2.05, 4.69) is 41.3 Å². The topological polar surface area (TPSA) is 50.5 Å². The van der Waals surface area contributed by atoms with Gasteiger partial charge in [0.05, 0.1) is 6.20 Å². The molecule has 1 aromatic carbocycles. The minimum absolute atomic E-state index is 0.0630. The van der Waals surface area contributed by atoms with Crippen LogP contribution in [0.5, 0.6) is 0 Å². The van der Waals surface area contributed by atoms with Gasteiger partial charge in [0.2, 0.25) is 0 Å². The molecule has 1 aliphatic rings. The van der Waals surface area contributed by atoms with Crippen LogP contribution in [-0.4, -0.2) is 38.5 Å². The normalized spacial score (nSPS) is 17.2. The first-order valence-electron chi connectivity index (χ1n) is 10.2. The van der Waals surface area contributed by atoms with Gasteiger partial charge in [-0.15, -0.1) is 0 Å². The molecule has 0 aliphatic carbocycles. The minimum atomic E-state index is 0.0630. The van der Waals surface area contributed by atoms with E-state index in [4.69, 9.17) is 0 Å². The third-order valence-electron chi connectivity index (χ3n) is 5.90. The van der Waals surface area contributed by atoms with E-state index < -0.39 is 0 Å². The predicted molar refractivity (Wildman–Crippen MR) is 111 cm³/mol. The summed E-state index contributed by atoms with van der Waals surface area (Å²) in [5.74, 6) is 0.615. The maximum absolute atomic E-state index is 13.2. The van der Waals surface area contributed by atoms with Gasteiger partial charge in [-0.1, -0.05) is 24.3 Å². The Kier molecular flexibility index (Phi) is 5.16. The lowest BCUT2D eigenvalue weighted by atomic mass is 9.90. The summed E-state index contributed by atoms with van der Waals surface area (Å²) in [6.45, 7) is 7.77. The number of hydrogen-bond donors (Lipinski definition) is 0. The third-order valence-corrected chi connectivity index (χ3v) is 5.90. The number of rotatable bonds is 4. The number of hydrogen-bond acceptors (Lipinski definition) is 3. The highest BCUT2D eigenvalue weighted by atomic mass is 16.2. The Labute approximate surface area is 166 Å². The first kappa shape index (κ1) is 18.7. The van der Waals surface area contributed by atoms with Crippen LogP contribution in [0.3, 0.4) is 0 Å². The van der Waals surface area contributed by atoms with Gasteiger partial charge in [-0.05, 0) is 69.6 Å². The van der Waals surface area contributed by atoms with E-state index in [1.54, 1.807) is 10.7 Å². The van der Waals surface area contributed by atoms with Crippen LogP contribution in [0.2, 0.25) is 0 Å². The molecular weight excluding hydrogens is 348 g/mol. The molecule has 3 heterocycles. The van der Waals surface area contributed by atoms with E-state index in [1.165, 1.54) is 17.5 Å². The first-order valence-corrected chi connectivity index (χ1v) is 10.2. The van der Waals surface area contributed by atoms with E-state index in [-0.39, 0.29) is 5.91 Å². The molecule has 4 rings (SSSR count). The third kappa shape index (κ3) is 3.66. The second-order valence-electron chi connectivity index (χ2n) is 8.06. The van der Waals surface area contributed by atoms with Crippen molar-refractivity contribution >= 4 is 11.6 Å². The van der Waals surface area contributed by atoms with E-state index in [0.29, 0.717) is 17.1 Å². The van der Waals surface area contributed by atoms with Crippen LogP contribution in [0.25, 0.3) is 5.65 Å². The Bertz CT molecular complexity index is 1010. The summed E-state index contributed by atoms with van der Waals surface area (Å²) in [4.78, 5) is 19.8. The van der Waals surface area contributed by atoms with Gasteiger partial charge in [0.15, 0.2) is 5.65 Å². The molecule has 1 fully saturated rings. The van der Waals surface area contributed by atoms with Gasteiger partial charge in [-0.25, -0.2) is 9.50 Å². The number of aromatic nitrogens is 3. The van der Waals surface area contributed by atoms with E-state index >= 15 is 0 Å². The first-order chi connectivity index (χ1) is 13.5. The van der Waals surface area contributed by atoms with Crippen LogP contribution in [0.15, 0.2) is 36.5 Å². The van der Waals surface area contributed by atoms with Gasteiger partial charge in [0, 0.05) is 24.5 Å². The molecule has 0 spiro atoms. The summed E-state index contributed by atoms with van der Waals surface area (Å²) < 4.78 is 1.76. The molecule has 0 saturated carbocycles. The maximum Gasteiger partial charge on any atom is 0.259 e. The van der Waals surface area contributed by atoms with Crippen molar-refractivity contribution in [3.05, 3.63) is 64.6 Å². The molecule has 0 bridgehead atoms. The number of carbonyl (C=O) groups excluding carboxylic acids is 1. The molecule has 1 amide bonds. The van der Waals surface area contributed by atoms with E-state index in [1.807, 2.05) is 24.8 Å². The van der Waals surface area contributed by atoms with Crippen molar-refractivity contribution in [1.82, 2.24) is 19.5 Å². The molecule has 28 heavy (non-hydrogen) atoms. The number of piperidine rings is 1. The zero-order chi connectivity index (χ0) is 19.7. The van der Waals surface area contributed by atoms with Gasteiger partial charge in [-0.2, -0.15) is 5.10 Å². The largest absolute Gasteiger partial charge is 0.338 e. The van der Waals surface area contributed by atoms with Crippen LogP contribution in [0, 0.1) is 26.7 Å². The maximum atomic E-state index is 13.2. The van der Waals surface area contributed by atoms with Gasteiger partial charge < -0.3 is 4.90 Å². The molecular formula is C23H28N4O. The van der Waals surface area contributed by atoms with Crippen LogP contribution >= 0.6 is 0 Å². The number of carbonyl (C=O) groups is 1. The fourth-order valence-corrected chi connectivity index (χ4v) is 4.33. The number of aryl methyl sites for hydroxylation is 4. The highest BCUT2D eigenvalue weighted by Gasteiger charge is 2.27. The molecule has 146 valence electrons. The summed E-state index contributed by atoms with van der Waals surface area (Å²) in [6, 6.07) is 10.6. The predicted octanol–water partition coefficient (Wildman–Crippen LogP) is 4.14. The monoisotopic (exact) mass is 376 g/mol. The minimum Gasteiger partial charge on any atom is -0.338 e. The Balaban J connectivity index is 1.47. The van der Waals surface area contributed by atoms with Crippen molar-refractivity contribution in [1.29, 1.82) is 0 Å². The van der Waals surface area contributed by atoms with Gasteiger partial charge in [-0.3, -0.25) is 4.79 Å². The number of fused-ring (bicyclic) bond motifs is 1. The second-order valence-corrected chi connectivity index (χ2v) is 8.06. The molecule has 0 N–H and O–H groups in total. The SMILES string of the molecule is Cc1cc(C)n2ncc(C(=O)N3CCC[C@@H](CCc4ccccc4C)C3)c2n1. The second kappa shape index (κ2) is 7.74. The average molecular weight is 377 g/mol. The van der Waals surface area contributed by atoms with Gasteiger partial charge >= 0.3 is 0 Å². The van der Waals surface area contributed by atoms with E-state index in [0.717, 1.165) is 43.7 Å². The molecule has 5 heteroatoms. The summed E-state index contributed by atoms with van der Waals surface area (Å²) in [7, 11) is 0. The Morgan fingerprint density at radius 3 is 2.86 bits per heavy atom. The number of likely N-dealkylation sites (tertiary alicyclic amines) is 1. The quantitative estimate of drug-likeness (QED) is 0.688. The summed E-state index contributed by atoms with van der Waals surface area (Å²) in [6.07, 6.45) is 6.14. The molecule has 2 aromatic heterocycles. The lowest BCUT2D eigenvalue weighted by molar-refractivity contribution is 0.0670. The number of benzene rings is 1. The number of amides is 1. The van der Waals surface area contributed by atoms with E-state index in [9.17, 15) is 4.79 Å². The van der Waals surface area contributed by atoms with Crippen LogP contribution in [-0.2, 0) is 6.42 Å². The fraction of sp³-hybridized carbons (Fsp3) is 0.435.